The number of urea groups is 1. The zero-order valence-corrected chi connectivity index (χ0v) is 19.8. The monoisotopic (exact) mass is 479 g/mol. The molecule has 8 heteroatoms. The van der Waals surface area contributed by atoms with Crippen LogP contribution in [0.2, 0.25) is 0 Å². The van der Waals surface area contributed by atoms with Crippen molar-refractivity contribution in [3.63, 3.8) is 0 Å². The summed E-state index contributed by atoms with van der Waals surface area (Å²) in [5.41, 5.74) is 3.33. The summed E-state index contributed by atoms with van der Waals surface area (Å²) in [5, 5.41) is 5.49. The van der Waals surface area contributed by atoms with Gasteiger partial charge in [0.25, 0.3) is 0 Å². The zero-order chi connectivity index (χ0) is 24.1. The molecule has 34 heavy (non-hydrogen) atoms. The van der Waals surface area contributed by atoms with E-state index in [9.17, 15) is 14.0 Å². The van der Waals surface area contributed by atoms with Gasteiger partial charge >= 0.3 is 6.03 Å². The Morgan fingerprint density at radius 3 is 2.50 bits per heavy atom. The average Bonchev–Trinajstić information content (AvgIpc) is 3.29. The normalized spacial score (nSPS) is 17.3. The first-order valence-corrected chi connectivity index (χ1v) is 11.9. The van der Waals surface area contributed by atoms with Crippen molar-refractivity contribution in [1.29, 1.82) is 0 Å². The Morgan fingerprint density at radius 1 is 1.06 bits per heavy atom. The van der Waals surface area contributed by atoms with Crippen molar-refractivity contribution >= 4 is 29.4 Å². The molecule has 2 N–H and O–H groups in total. The molecule has 0 bridgehead atoms. The lowest BCUT2D eigenvalue weighted by Gasteiger charge is -2.30. The number of para-hydroxylation sites is 2. The molecule has 0 saturated carbocycles. The molecule has 0 aliphatic carbocycles. The molecule has 1 aliphatic heterocycles. The standard InChI is InChI=1S/C26H26FN3O3S/c1-17-7-3-4-8-20(17)25-30(26(32)29-21-9-5-6-10-23(21)33-2)22(16-34-25)24(31)28-15-18-11-13-19(27)14-12-18/h3-14,22,25H,15-16H2,1-2H3,(H,28,31)(H,29,32)/t22-,25-/m0/s1. The Bertz CT molecular complexity index is 1170. The van der Waals surface area contributed by atoms with Crippen molar-refractivity contribution in [3.05, 3.63) is 95.3 Å². The number of amides is 3. The van der Waals surface area contributed by atoms with Crippen LogP contribution in [0, 0.1) is 12.7 Å². The van der Waals surface area contributed by atoms with Crippen molar-refractivity contribution in [3.8, 4) is 5.75 Å². The highest BCUT2D eigenvalue weighted by Crippen LogP contribution is 2.43. The maximum Gasteiger partial charge on any atom is 0.323 e. The van der Waals surface area contributed by atoms with Crippen LogP contribution in [0.15, 0.2) is 72.8 Å². The Balaban J connectivity index is 1.58. The summed E-state index contributed by atoms with van der Waals surface area (Å²) in [5.74, 6) is 0.395. The molecule has 1 fully saturated rings. The van der Waals surface area contributed by atoms with Gasteiger partial charge in [-0.05, 0) is 47.9 Å². The number of nitrogens with one attached hydrogen (secondary N) is 2. The van der Waals surface area contributed by atoms with Gasteiger partial charge in [0.1, 0.15) is 23.0 Å². The van der Waals surface area contributed by atoms with Gasteiger partial charge < -0.3 is 15.4 Å². The SMILES string of the molecule is COc1ccccc1NC(=O)N1[C@H](C(=O)NCc2ccc(F)cc2)CS[C@H]1c1ccccc1C. The molecule has 3 amide bonds. The summed E-state index contributed by atoms with van der Waals surface area (Å²) in [6.45, 7) is 2.24. The fourth-order valence-corrected chi connectivity index (χ4v) is 5.42. The van der Waals surface area contributed by atoms with Gasteiger partial charge in [0.15, 0.2) is 0 Å². The third-order valence-corrected chi connectivity index (χ3v) is 7.03. The summed E-state index contributed by atoms with van der Waals surface area (Å²) < 4.78 is 18.6. The third kappa shape index (κ3) is 5.17. The lowest BCUT2D eigenvalue weighted by molar-refractivity contribution is -0.124. The minimum absolute atomic E-state index is 0.247. The molecule has 6 nitrogen and oxygen atoms in total. The van der Waals surface area contributed by atoms with Gasteiger partial charge in [-0.2, -0.15) is 0 Å². The molecule has 3 aromatic rings. The van der Waals surface area contributed by atoms with Crippen molar-refractivity contribution in [2.45, 2.75) is 24.9 Å². The molecule has 2 atom stereocenters. The van der Waals surface area contributed by atoms with Crippen LogP contribution in [0.5, 0.6) is 5.75 Å². The van der Waals surface area contributed by atoms with E-state index in [1.54, 1.807) is 48.0 Å². The number of anilines is 1. The smallest absolute Gasteiger partial charge is 0.323 e. The number of methoxy groups -OCH3 is 1. The highest BCUT2D eigenvalue weighted by Gasteiger charge is 2.43. The number of halogens is 1. The number of rotatable bonds is 6. The lowest BCUT2D eigenvalue weighted by atomic mass is 10.1. The van der Waals surface area contributed by atoms with Gasteiger partial charge in [0.05, 0.1) is 12.8 Å². The van der Waals surface area contributed by atoms with E-state index in [-0.39, 0.29) is 29.7 Å². The molecule has 1 heterocycles. The van der Waals surface area contributed by atoms with Gasteiger partial charge in [0.2, 0.25) is 5.91 Å². The molecule has 1 aliphatic rings. The quantitative estimate of drug-likeness (QED) is 0.516. The van der Waals surface area contributed by atoms with E-state index in [0.717, 1.165) is 16.7 Å². The topological polar surface area (TPSA) is 70.7 Å². The molecule has 1 saturated heterocycles. The summed E-state index contributed by atoms with van der Waals surface area (Å²) in [6.07, 6.45) is 0. The first-order valence-electron chi connectivity index (χ1n) is 10.9. The lowest BCUT2D eigenvalue weighted by Crippen LogP contribution is -2.49. The fourth-order valence-electron chi connectivity index (χ4n) is 3.90. The van der Waals surface area contributed by atoms with Crippen molar-refractivity contribution in [2.24, 2.45) is 0 Å². The van der Waals surface area contributed by atoms with Crippen LogP contribution >= 0.6 is 11.8 Å². The molecular weight excluding hydrogens is 453 g/mol. The Labute approximate surface area is 202 Å². The zero-order valence-electron chi connectivity index (χ0n) is 19.0. The van der Waals surface area contributed by atoms with Crippen LogP contribution in [0.25, 0.3) is 0 Å². The van der Waals surface area contributed by atoms with Crippen molar-refractivity contribution in [1.82, 2.24) is 10.2 Å². The van der Waals surface area contributed by atoms with Gasteiger partial charge in [-0.15, -0.1) is 11.8 Å². The predicted molar refractivity (Wildman–Crippen MR) is 132 cm³/mol. The Kier molecular flexibility index (Phi) is 7.37. The van der Waals surface area contributed by atoms with Crippen LogP contribution in [0.1, 0.15) is 22.1 Å². The number of aryl methyl sites for hydroxylation is 1. The predicted octanol–water partition coefficient (Wildman–Crippen LogP) is 5.11. The maximum atomic E-state index is 13.5. The van der Waals surface area contributed by atoms with Gasteiger partial charge in [-0.3, -0.25) is 9.69 Å². The maximum absolute atomic E-state index is 13.5. The molecule has 0 aromatic heterocycles. The number of ether oxygens (including phenoxy) is 1. The summed E-state index contributed by atoms with van der Waals surface area (Å²) in [6, 6.07) is 19.9. The number of carbonyl (C=O) groups excluding carboxylic acids is 2. The molecule has 0 radical (unpaired) electrons. The fraction of sp³-hybridized carbons (Fsp3) is 0.231. The summed E-state index contributed by atoms with van der Waals surface area (Å²) in [4.78, 5) is 28.3. The summed E-state index contributed by atoms with van der Waals surface area (Å²) >= 11 is 1.55. The summed E-state index contributed by atoms with van der Waals surface area (Å²) in [7, 11) is 1.54. The van der Waals surface area contributed by atoms with E-state index in [0.29, 0.717) is 17.2 Å². The number of thioether (sulfide) groups is 1. The van der Waals surface area contributed by atoms with Crippen LogP contribution in [-0.4, -0.2) is 35.7 Å². The second-order valence-electron chi connectivity index (χ2n) is 7.94. The van der Waals surface area contributed by atoms with Gasteiger partial charge in [0, 0.05) is 12.3 Å². The van der Waals surface area contributed by atoms with Crippen LogP contribution in [0.3, 0.4) is 0 Å². The number of nitrogens with zero attached hydrogens (tertiary/aromatic N) is 1. The van der Waals surface area contributed by atoms with E-state index in [1.165, 1.54) is 12.1 Å². The van der Waals surface area contributed by atoms with Crippen LogP contribution in [-0.2, 0) is 11.3 Å². The highest BCUT2D eigenvalue weighted by molar-refractivity contribution is 7.99. The molecule has 0 unspecified atom stereocenters. The highest BCUT2D eigenvalue weighted by atomic mass is 32.2. The van der Waals surface area contributed by atoms with E-state index < -0.39 is 6.04 Å². The number of hydrogen-bond acceptors (Lipinski definition) is 4. The molecule has 4 rings (SSSR count). The first-order chi connectivity index (χ1) is 16.5. The van der Waals surface area contributed by atoms with Crippen LogP contribution in [0.4, 0.5) is 14.9 Å². The Hall–Kier alpha value is -3.52. The van der Waals surface area contributed by atoms with Crippen molar-refractivity contribution in [2.75, 3.05) is 18.2 Å². The van der Waals surface area contributed by atoms with E-state index in [4.69, 9.17) is 4.74 Å². The second kappa shape index (κ2) is 10.6. The largest absolute Gasteiger partial charge is 0.495 e. The number of benzene rings is 3. The minimum atomic E-state index is -0.676. The molecule has 3 aromatic carbocycles. The van der Waals surface area contributed by atoms with E-state index in [2.05, 4.69) is 10.6 Å². The van der Waals surface area contributed by atoms with E-state index >= 15 is 0 Å². The van der Waals surface area contributed by atoms with Crippen LogP contribution < -0.4 is 15.4 Å². The minimum Gasteiger partial charge on any atom is -0.495 e. The van der Waals surface area contributed by atoms with E-state index in [1.807, 2.05) is 43.3 Å². The first kappa shape index (κ1) is 23.6. The van der Waals surface area contributed by atoms with Gasteiger partial charge in [-0.25, -0.2) is 9.18 Å². The second-order valence-corrected chi connectivity index (χ2v) is 9.05. The number of carbonyl (C=O) groups is 2. The average molecular weight is 480 g/mol. The molecule has 176 valence electrons. The molecular formula is C26H26FN3O3S. The number of hydrogen-bond donors (Lipinski definition) is 2. The molecule has 0 spiro atoms. The Morgan fingerprint density at radius 2 is 1.76 bits per heavy atom. The third-order valence-electron chi connectivity index (χ3n) is 5.72. The van der Waals surface area contributed by atoms with Crippen molar-refractivity contribution < 1.29 is 18.7 Å². The van der Waals surface area contributed by atoms with Gasteiger partial charge in [-0.1, -0.05) is 48.5 Å².